The van der Waals surface area contributed by atoms with E-state index in [2.05, 4.69) is 25.5 Å². The van der Waals surface area contributed by atoms with Crippen LogP contribution in [0.5, 0.6) is 5.88 Å². The van der Waals surface area contributed by atoms with Crippen LogP contribution in [0.4, 0.5) is 24.5 Å². The number of aliphatic imine (C=N–C) groups is 1. The second-order valence-corrected chi connectivity index (χ2v) is 7.89. The lowest BCUT2D eigenvalue weighted by molar-refractivity contribution is -0.212. The number of carbonyl (C=O) groups excluding carboxylic acids is 1. The molecule has 0 saturated carbocycles. The fourth-order valence-corrected chi connectivity index (χ4v) is 3.48. The molecule has 3 N–H and O–H groups in total. The van der Waals surface area contributed by atoms with E-state index in [1.165, 1.54) is 6.07 Å². The molecule has 0 aliphatic heterocycles. The molecular formula is C22H22F3N7O2. The van der Waals surface area contributed by atoms with Gasteiger partial charge in [0.2, 0.25) is 0 Å². The van der Waals surface area contributed by atoms with Crippen molar-refractivity contribution in [2.75, 3.05) is 5.32 Å². The number of carbonyl (C=O) groups is 1. The second kappa shape index (κ2) is 8.69. The van der Waals surface area contributed by atoms with Crippen molar-refractivity contribution in [2.45, 2.75) is 39.5 Å². The zero-order valence-electron chi connectivity index (χ0n) is 18.6. The first-order valence-electron chi connectivity index (χ1n) is 10.5. The number of aromatic hydroxyl groups is 1. The quantitative estimate of drug-likeness (QED) is 0.338. The van der Waals surface area contributed by atoms with Crippen LogP contribution in [0.2, 0.25) is 0 Å². The molecule has 0 radical (unpaired) electrons. The Morgan fingerprint density at radius 2 is 2.00 bits per heavy atom. The predicted molar refractivity (Wildman–Crippen MR) is 121 cm³/mol. The average molecular weight is 473 g/mol. The minimum atomic E-state index is -4.68. The first kappa shape index (κ1) is 23.1. The monoisotopic (exact) mass is 473 g/mol. The predicted octanol–water partition coefficient (Wildman–Crippen LogP) is 5.11. The minimum Gasteiger partial charge on any atom is -0.494 e. The van der Waals surface area contributed by atoms with E-state index in [0.717, 1.165) is 6.20 Å². The molecule has 178 valence electrons. The van der Waals surface area contributed by atoms with Gasteiger partial charge in [0.1, 0.15) is 5.69 Å². The van der Waals surface area contributed by atoms with E-state index < -0.39 is 12.2 Å². The summed E-state index contributed by atoms with van der Waals surface area (Å²) < 4.78 is 39.8. The van der Waals surface area contributed by atoms with Crippen molar-refractivity contribution in [3.63, 3.8) is 0 Å². The maximum atomic E-state index is 12.7. The third kappa shape index (κ3) is 4.51. The lowest BCUT2D eigenvalue weighted by Gasteiger charge is -2.06. The Hall–Kier alpha value is -4.09. The molecule has 1 amide bonds. The van der Waals surface area contributed by atoms with Crippen molar-refractivity contribution in [2.24, 2.45) is 4.99 Å². The van der Waals surface area contributed by atoms with E-state index in [-0.39, 0.29) is 27.9 Å². The number of alkyl halides is 3. The van der Waals surface area contributed by atoms with E-state index in [1.54, 1.807) is 29.2 Å². The summed E-state index contributed by atoms with van der Waals surface area (Å²) in [5.41, 5.74) is 2.31. The van der Waals surface area contributed by atoms with Crippen molar-refractivity contribution < 1.29 is 23.1 Å². The normalized spacial score (nSPS) is 12.6. The summed E-state index contributed by atoms with van der Waals surface area (Å²) in [5.74, 6) is -0.723. The molecule has 0 bridgehead atoms. The first-order chi connectivity index (χ1) is 16.1. The summed E-state index contributed by atoms with van der Waals surface area (Å²) in [6.07, 6.45) is 0.828. The number of aromatic amines is 1. The Balaban J connectivity index is 1.67. The summed E-state index contributed by atoms with van der Waals surface area (Å²) in [6.45, 7) is 5.87. The highest BCUT2D eigenvalue weighted by molar-refractivity contribution is 6.15. The van der Waals surface area contributed by atoms with Gasteiger partial charge in [-0.15, -0.1) is 13.2 Å². The van der Waals surface area contributed by atoms with Crippen molar-refractivity contribution in [3.8, 4) is 5.88 Å². The minimum absolute atomic E-state index is 0.0995. The SMILES string of the molecule is CCC(=Nc1cnn(C(C)C)c1)c1c(O)[nH]c2ccc(C(=O)Nc3cnn(C(F)(F)F)c3)cc12. The Morgan fingerprint density at radius 1 is 1.24 bits per heavy atom. The molecule has 3 aromatic heterocycles. The number of hydrogen-bond acceptors (Lipinski definition) is 5. The van der Waals surface area contributed by atoms with Crippen molar-refractivity contribution in [3.05, 3.63) is 54.1 Å². The van der Waals surface area contributed by atoms with Crippen LogP contribution >= 0.6 is 0 Å². The van der Waals surface area contributed by atoms with Crippen molar-refractivity contribution in [1.82, 2.24) is 24.5 Å². The van der Waals surface area contributed by atoms with E-state index in [9.17, 15) is 23.1 Å². The highest BCUT2D eigenvalue weighted by atomic mass is 19.4. The van der Waals surface area contributed by atoms with Gasteiger partial charge in [0.25, 0.3) is 5.91 Å². The highest BCUT2D eigenvalue weighted by Crippen LogP contribution is 2.31. The molecule has 0 aliphatic rings. The highest BCUT2D eigenvalue weighted by Gasteiger charge is 2.31. The first-order valence-corrected chi connectivity index (χ1v) is 10.5. The number of hydrogen-bond donors (Lipinski definition) is 3. The average Bonchev–Trinajstić information content (AvgIpc) is 3.49. The number of benzene rings is 1. The van der Waals surface area contributed by atoms with E-state index >= 15 is 0 Å². The Morgan fingerprint density at radius 3 is 2.62 bits per heavy atom. The molecule has 0 spiro atoms. The molecule has 0 aliphatic carbocycles. The van der Waals surface area contributed by atoms with Gasteiger partial charge in [-0.3, -0.25) is 9.48 Å². The van der Waals surface area contributed by atoms with Gasteiger partial charge in [0.15, 0.2) is 5.88 Å². The molecular weight excluding hydrogens is 451 g/mol. The third-order valence-electron chi connectivity index (χ3n) is 5.15. The van der Waals surface area contributed by atoms with Crippen molar-refractivity contribution in [1.29, 1.82) is 0 Å². The lowest BCUT2D eigenvalue weighted by Crippen LogP contribution is -2.17. The number of amides is 1. The summed E-state index contributed by atoms with van der Waals surface area (Å²) in [6, 6.07) is 4.82. The smallest absolute Gasteiger partial charge is 0.494 e. The fourth-order valence-electron chi connectivity index (χ4n) is 3.48. The van der Waals surface area contributed by atoms with E-state index in [0.29, 0.717) is 40.5 Å². The van der Waals surface area contributed by atoms with Crippen LogP contribution in [-0.4, -0.2) is 41.3 Å². The zero-order valence-corrected chi connectivity index (χ0v) is 18.6. The van der Waals surface area contributed by atoms with Gasteiger partial charge in [0.05, 0.1) is 41.7 Å². The number of nitrogens with zero attached hydrogens (tertiary/aromatic N) is 5. The maximum Gasteiger partial charge on any atom is 0.504 e. The number of anilines is 1. The van der Waals surface area contributed by atoms with Crippen LogP contribution < -0.4 is 5.32 Å². The van der Waals surface area contributed by atoms with Gasteiger partial charge in [-0.05, 0) is 38.5 Å². The summed E-state index contributed by atoms with van der Waals surface area (Å²) in [7, 11) is 0. The van der Waals surface area contributed by atoms with Gasteiger partial charge in [-0.25, -0.2) is 4.99 Å². The molecule has 4 aromatic rings. The number of aromatic nitrogens is 5. The van der Waals surface area contributed by atoms with Crippen molar-refractivity contribution >= 4 is 33.9 Å². The van der Waals surface area contributed by atoms with Crippen LogP contribution in [0.3, 0.4) is 0 Å². The van der Waals surface area contributed by atoms with Crippen LogP contribution in [-0.2, 0) is 6.30 Å². The number of nitrogens with one attached hydrogen (secondary N) is 2. The van der Waals surface area contributed by atoms with Crippen LogP contribution in [0.15, 0.2) is 48.0 Å². The third-order valence-corrected chi connectivity index (χ3v) is 5.15. The molecule has 0 saturated heterocycles. The van der Waals surface area contributed by atoms with Crippen LogP contribution in [0.1, 0.15) is 49.2 Å². The largest absolute Gasteiger partial charge is 0.504 e. The molecule has 0 unspecified atom stereocenters. The molecule has 34 heavy (non-hydrogen) atoms. The molecule has 3 heterocycles. The van der Waals surface area contributed by atoms with Gasteiger partial charge >= 0.3 is 6.30 Å². The summed E-state index contributed by atoms with van der Waals surface area (Å²) in [4.78, 5) is 20.2. The Bertz CT molecular complexity index is 1380. The van der Waals surface area contributed by atoms with Crippen LogP contribution in [0.25, 0.3) is 10.9 Å². The number of H-pyrrole nitrogens is 1. The molecule has 4 rings (SSSR count). The Labute approximate surface area is 191 Å². The standard InChI is InChI=1S/C22H22F3N7O2/c1-4-17(28-14-8-26-31(10-14)12(2)3)19-16-7-13(5-6-18(16)30-21(19)34)20(33)29-15-9-27-32(11-15)22(23,24)25/h5-12,30,34H,4H2,1-3H3,(H,29,33). The summed E-state index contributed by atoms with van der Waals surface area (Å²) in [5, 5.41) is 21.0. The molecule has 0 fully saturated rings. The van der Waals surface area contributed by atoms with Gasteiger partial charge in [-0.1, -0.05) is 6.92 Å². The summed E-state index contributed by atoms with van der Waals surface area (Å²) >= 11 is 0. The maximum absolute atomic E-state index is 12.7. The second-order valence-electron chi connectivity index (χ2n) is 7.89. The van der Waals surface area contributed by atoms with Crippen LogP contribution in [0, 0.1) is 0 Å². The van der Waals surface area contributed by atoms with Gasteiger partial charge < -0.3 is 15.4 Å². The lowest BCUT2D eigenvalue weighted by atomic mass is 10.0. The number of fused-ring (bicyclic) bond motifs is 1. The zero-order chi connectivity index (χ0) is 24.6. The molecule has 12 heteroatoms. The van der Waals surface area contributed by atoms with Gasteiger partial charge in [0, 0.05) is 22.5 Å². The fraction of sp³-hybridized carbons (Fsp3) is 0.273. The van der Waals surface area contributed by atoms with Gasteiger partial charge in [-0.2, -0.15) is 14.9 Å². The Kier molecular flexibility index (Phi) is 5.90. The molecule has 1 aromatic carbocycles. The van der Waals surface area contributed by atoms with E-state index in [1.807, 2.05) is 20.8 Å². The molecule has 0 atom stereocenters. The van der Waals surface area contributed by atoms with E-state index in [4.69, 9.17) is 0 Å². The topological polar surface area (TPSA) is 113 Å². The number of rotatable bonds is 6. The molecule has 9 nitrogen and oxygen atoms in total. The number of halogens is 3.